The Bertz CT molecular complexity index is 338. The van der Waals surface area contributed by atoms with E-state index in [4.69, 9.17) is 14.3 Å². The van der Waals surface area contributed by atoms with Gasteiger partial charge in [0.1, 0.15) is 5.75 Å². The summed E-state index contributed by atoms with van der Waals surface area (Å²) in [5.41, 5.74) is 1.28. The van der Waals surface area contributed by atoms with Crippen LogP contribution < -0.4 is 4.52 Å². The summed E-state index contributed by atoms with van der Waals surface area (Å²) in [5.74, 6) is 0.515. The molecule has 0 atom stereocenters. The first-order valence-corrected chi connectivity index (χ1v) is 8.83. The molecule has 0 fully saturated rings. The SMILES string of the molecule is CCCCCCCCCCc1ccc(OP(O)O)cc1. The van der Waals surface area contributed by atoms with Crippen molar-refractivity contribution in [2.45, 2.75) is 64.7 Å². The quantitative estimate of drug-likeness (QED) is 0.448. The lowest BCUT2D eigenvalue weighted by atomic mass is 10.0. The van der Waals surface area contributed by atoms with E-state index in [1.165, 1.54) is 56.9 Å². The lowest BCUT2D eigenvalue weighted by Crippen LogP contribution is -1.88. The summed E-state index contributed by atoms with van der Waals surface area (Å²) in [6, 6.07) is 7.58. The van der Waals surface area contributed by atoms with E-state index in [1.54, 1.807) is 12.1 Å². The average molecular weight is 298 g/mol. The molecule has 0 bridgehead atoms. The molecule has 0 heterocycles. The molecule has 0 amide bonds. The fraction of sp³-hybridized carbons (Fsp3) is 0.625. The molecule has 0 aliphatic rings. The minimum atomic E-state index is -2.31. The highest BCUT2D eigenvalue weighted by atomic mass is 31.2. The van der Waals surface area contributed by atoms with Crippen LogP contribution in [0.25, 0.3) is 0 Å². The molecule has 4 heteroatoms. The van der Waals surface area contributed by atoms with Crippen LogP contribution in [0.3, 0.4) is 0 Å². The molecular weight excluding hydrogens is 271 g/mol. The van der Waals surface area contributed by atoms with Gasteiger partial charge in [-0.1, -0.05) is 64.0 Å². The smallest absolute Gasteiger partial charge is 0.391 e. The van der Waals surface area contributed by atoms with Gasteiger partial charge in [-0.3, -0.25) is 0 Å². The van der Waals surface area contributed by atoms with Crippen molar-refractivity contribution in [3.63, 3.8) is 0 Å². The van der Waals surface area contributed by atoms with Gasteiger partial charge in [-0.05, 0) is 30.5 Å². The molecule has 0 radical (unpaired) electrons. The number of benzene rings is 1. The Morgan fingerprint density at radius 1 is 0.850 bits per heavy atom. The number of aryl methyl sites for hydroxylation is 1. The maximum atomic E-state index is 8.75. The fourth-order valence-corrected chi connectivity index (χ4v) is 2.58. The van der Waals surface area contributed by atoms with Gasteiger partial charge in [-0.25, -0.2) is 0 Å². The molecule has 0 unspecified atom stereocenters. The van der Waals surface area contributed by atoms with E-state index in [2.05, 4.69) is 6.92 Å². The van der Waals surface area contributed by atoms with Gasteiger partial charge in [0.2, 0.25) is 0 Å². The minimum absolute atomic E-state index is 0.515. The summed E-state index contributed by atoms with van der Waals surface area (Å²) in [6.45, 7) is 2.25. The zero-order chi connectivity index (χ0) is 14.6. The number of hydrogen-bond donors (Lipinski definition) is 2. The molecular formula is C16H27O3P. The van der Waals surface area contributed by atoms with Crippen LogP contribution >= 0.6 is 8.60 Å². The van der Waals surface area contributed by atoms with Crippen LogP contribution in [-0.2, 0) is 6.42 Å². The van der Waals surface area contributed by atoms with Crippen LogP contribution in [0.15, 0.2) is 24.3 Å². The van der Waals surface area contributed by atoms with Crippen molar-refractivity contribution in [1.82, 2.24) is 0 Å². The molecule has 1 aromatic rings. The summed E-state index contributed by atoms with van der Waals surface area (Å²) < 4.78 is 4.83. The molecule has 20 heavy (non-hydrogen) atoms. The molecule has 0 saturated heterocycles. The summed E-state index contributed by atoms with van der Waals surface area (Å²) >= 11 is 0. The van der Waals surface area contributed by atoms with Crippen LogP contribution in [0.1, 0.15) is 63.9 Å². The average Bonchev–Trinajstić information content (AvgIpc) is 2.43. The van der Waals surface area contributed by atoms with Crippen molar-refractivity contribution in [1.29, 1.82) is 0 Å². The summed E-state index contributed by atoms with van der Waals surface area (Å²) in [7, 11) is -2.31. The second-order valence-electron chi connectivity index (χ2n) is 5.21. The maximum absolute atomic E-state index is 8.75. The Morgan fingerprint density at radius 2 is 1.40 bits per heavy atom. The molecule has 0 spiro atoms. The molecule has 0 saturated carbocycles. The van der Waals surface area contributed by atoms with Gasteiger partial charge < -0.3 is 14.3 Å². The Morgan fingerprint density at radius 3 is 1.95 bits per heavy atom. The highest BCUT2D eigenvalue weighted by Gasteiger charge is 2.02. The summed E-state index contributed by atoms with van der Waals surface area (Å²) in [5, 5.41) is 0. The van der Waals surface area contributed by atoms with Crippen LogP contribution in [0.5, 0.6) is 5.75 Å². The van der Waals surface area contributed by atoms with E-state index in [1.807, 2.05) is 12.1 Å². The second kappa shape index (κ2) is 11.1. The third kappa shape index (κ3) is 8.52. The minimum Gasteiger partial charge on any atom is -0.427 e. The first-order chi connectivity index (χ1) is 9.72. The zero-order valence-corrected chi connectivity index (χ0v) is 13.3. The topological polar surface area (TPSA) is 49.7 Å². The molecule has 1 rings (SSSR count). The molecule has 3 nitrogen and oxygen atoms in total. The van der Waals surface area contributed by atoms with Gasteiger partial charge in [-0.2, -0.15) is 0 Å². The third-order valence-electron chi connectivity index (χ3n) is 3.43. The maximum Gasteiger partial charge on any atom is 0.391 e. The highest BCUT2D eigenvalue weighted by Crippen LogP contribution is 2.28. The summed E-state index contributed by atoms with van der Waals surface area (Å²) in [6.07, 6.45) is 11.8. The summed E-state index contributed by atoms with van der Waals surface area (Å²) in [4.78, 5) is 17.5. The number of unbranched alkanes of at least 4 members (excludes halogenated alkanes) is 7. The van der Waals surface area contributed by atoms with E-state index < -0.39 is 8.60 Å². The van der Waals surface area contributed by atoms with E-state index in [-0.39, 0.29) is 0 Å². The standard InChI is InChI=1S/C16H27O3P/c1-2-3-4-5-6-7-8-9-10-15-11-13-16(14-12-15)19-20(17)18/h11-14,17-18H,2-10H2,1H3. The number of rotatable bonds is 11. The van der Waals surface area contributed by atoms with E-state index in [9.17, 15) is 0 Å². The number of hydrogen-bond acceptors (Lipinski definition) is 3. The van der Waals surface area contributed by atoms with Crippen LogP contribution in [0, 0.1) is 0 Å². The monoisotopic (exact) mass is 298 g/mol. The van der Waals surface area contributed by atoms with Crippen molar-refractivity contribution in [3.05, 3.63) is 29.8 Å². The van der Waals surface area contributed by atoms with Crippen LogP contribution in [0.4, 0.5) is 0 Å². The predicted molar refractivity (Wildman–Crippen MR) is 84.7 cm³/mol. The molecule has 1 aromatic carbocycles. The van der Waals surface area contributed by atoms with Gasteiger partial charge in [-0.15, -0.1) is 0 Å². The van der Waals surface area contributed by atoms with Gasteiger partial charge in [0.05, 0.1) is 0 Å². The van der Waals surface area contributed by atoms with Crippen molar-refractivity contribution < 1.29 is 14.3 Å². The Hall–Kier alpha value is -0.630. The van der Waals surface area contributed by atoms with Crippen molar-refractivity contribution in [3.8, 4) is 5.75 Å². The lowest BCUT2D eigenvalue weighted by molar-refractivity contribution is 0.375. The highest BCUT2D eigenvalue weighted by molar-refractivity contribution is 7.39. The normalized spacial score (nSPS) is 11.0. The van der Waals surface area contributed by atoms with Crippen LogP contribution in [-0.4, -0.2) is 9.79 Å². The fourth-order valence-electron chi connectivity index (χ4n) is 2.27. The predicted octanol–water partition coefficient (Wildman–Crippen LogP) is 4.96. The Balaban J connectivity index is 2.07. The third-order valence-corrected chi connectivity index (χ3v) is 3.80. The van der Waals surface area contributed by atoms with Gasteiger partial charge in [0.25, 0.3) is 0 Å². The van der Waals surface area contributed by atoms with Crippen molar-refractivity contribution in [2.75, 3.05) is 0 Å². The Labute approximate surface area is 124 Å². The lowest BCUT2D eigenvalue weighted by Gasteiger charge is -2.06. The van der Waals surface area contributed by atoms with Gasteiger partial charge in [0, 0.05) is 0 Å². The van der Waals surface area contributed by atoms with E-state index in [0.717, 1.165) is 6.42 Å². The van der Waals surface area contributed by atoms with E-state index in [0.29, 0.717) is 5.75 Å². The van der Waals surface area contributed by atoms with E-state index >= 15 is 0 Å². The Kier molecular flexibility index (Phi) is 9.65. The van der Waals surface area contributed by atoms with Crippen molar-refractivity contribution >= 4 is 8.60 Å². The van der Waals surface area contributed by atoms with Crippen LogP contribution in [0.2, 0.25) is 0 Å². The molecule has 2 N–H and O–H groups in total. The molecule has 0 aliphatic heterocycles. The molecule has 114 valence electrons. The second-order valence-corrected chi connectivity index (χ2v) is 5.90. The zero-order valence-electron chi connectivity index (χ0n) is 12.4. The largest absolute Gasteiger partial charge is 0.427 e. The first-order valence-electron chi connectivity index (χ1n) is 7.67. The molecule has 0 aliphatic carbocycles. The first kappa shape index (κ1) is 17.4. The van der Waals surface area contributed by atoms with Gasteiger partial charge in [0.15, 0.2) is 0 Å². The van der Waals surface area contributed by atoms with Crippen molar-refractivity contribution in [2.24, 2.45) is 0 Å². The van der Waals surface area contributed by atoms with Gasteiger partial charge >= 0.3 is 8.60 Å². The molecule has 0 aromatic heterocycles.